The molecule has 2 aliphatic heterocycles. The predicted octanol–water partition coefficient (Wildman–Crippen LogP) is 1.64. The Balaban J connectivity index is 2.07. The smallest absolute Gasteiger partial charge is 0.256 e. The molecule has 19 heavy (non-hydrogen) atoms. The summed E-state index contributed by atoms with van der Waals surface area (Å²) >= 11 is 0. The fraction of sp³-hybridized carbons (Fsp3) is 0.214. The summed E-state index contributed by atoms with van der Waals surface area (Å²) < 4.78 is 1.88. The van der Waals surface area contributed by atoms with Crippen molar-refractivity contribution < 1.29 is 4.79 Å². The van der Waals surface area contributed by atoms with Crippen molar-refractivity contribution >= 4 is 5.91 Å². The van der Waals surface area contributed by atoms with E-state index in [1.54, 1.807) is 6.33 Å². The van der Waals surface area contributed by atoms with Gasteiger partial charge in [0.2, 0.25) is 0 Å². The second-order valence-corrected chi connectivity index (χ2v) is 4.78. The second-order valence-electron chi connectivity index (χ2n) is 4.78. The van der Waals surface area contributed by atoms with Crippen LogP contribution in [0.2, 0.25) is 0 Å². The zero-order valence-corrected chi connectivity index (χ0v) is 10.1. The summed E-state index contributed by atoms with van der Waals surface area (Å²) in [5.74, 6) is 0.0411. The molecule has 1 fully saturated rings. The van der Waals surface area contributed by atoms with E-state index >= 15 is 0 Å². The molecule has 92 valence electrons. The first-order valence-corrected chi connectivity index (χ1v) is 6.19. The third-order valence-corrected chi connectivity index (χ3v) is 3.90. The Hall–Kier alpha value is -2.61. The van der Waals surface area contributed by atoms with Crippen molar-refractivity contribution in [2.75, 3.05) is 6.54 Å². The Labute approximate surface area is 109 Å². The van der Waals surface area contributed by atoms with Gasteiger partial charge in [-0.3, -0.25) is 9.36 Å². The van der Waals surface area contributed by atoms with Gasteiger partial charge in [0, 0.05) is 6.54 Å². The molecule has 1 saturated heterocycles. The van der Waals surface area contributed by atoms with E-state index in [4.69, 9.17) is 0 Å². The van der Waals surface area contributed by atoms with Gasteiger partial charge >= 0.3 is 0 Å². The van der Waals surface area contributed by atoms with Crippen molar-refractivity contribution in [1.29, 1.82) is 5.26 Å². The zero-order chi connectivity index (χ0) is 13.0. The summed E-state index contributed by atoms with van der Waals surface area (Å²) in [4.78, 5) is 18.5. The number of fused-ring (bicyclic) bond motifs is 5. The van der Waals surface area contributed by atoms with Crippen LogP contribution in [0, 0.1) is 11.3 Å². The van der Waals surface area contributed by atoms with Crippen LogP contribution in [-0.2, 0) is 0 Å². The molecule has 1 unspecified atom stereocenters. The molecule has 0 radical (unpaired) electrons. The van der Waals surface area contributed by atoms with Crippen molar-refractivity contribution in [2.24, 2.45) is 0 Å². The molecule has 0 N–H and O–H groups in total. The van der Waals surface area contributed by atoms with Gasteiger partial charge in [0.05, 0.1) is 23.0 Å². The number of hydrogen-bond donors (Lipinski definition) is 0. The highest BCUT2D eigenvalue weighted by Crippen LogP contribution is 2.40. The number of benzene rings is 1. The minimum absolute atomic E-state index is 0.0166. The van der Waals surface area contributed by atoms with Gasteiger partial charge in [0.1, 0.15) is 12.4 Å². The zero-order valence-electron chi connectivity index (χ0n) is 10.1. The molecule has 0 spiro atoms. The molecule has 0 bridgehead atoms. The van der Waals surface area contributed by atoms with Gasteiger partial charge < -0.3 is 4.90 Å². The van der Waals surface area contributed by atoms with Crippen molar-refractivity contribution in [3.05, 3.63) is 47.5 Å². The molecule has 1 aromatic carbocycles. The molecule has 1 atom stereocenters. The number of nitrogens with zero attached hydrogens (tertiary/aromatic N) is 4. The lowest BCUT2D eigenvalue weighted by atomic mass is 9.98. The lowest BCUT2D eigenvalue weighted by Crippen LogP contribution is -2.44. The molecule has 5 nitrogen and oxygen atoms in total. The number of carbonyl (C=O) groups excluding carboxylic acids is 1. The average Bonchev–Trinajstić information content (AvgIpc) is 2.78. The molecule has 5 heteroatoms. The quantitative estimate of drug-likeness (QED) is 0.714. The third kappa shape index (κ3) is 1.18. The molecule has 2 aromatic rings. The molecular formula is C14H10N4O. The van der Waals surface area contributed by atoms with Gasteiger partial charge in [-0.05, 0) is 18.6 Å². The first-order valence-electron chi connectivity index (χ1n) is 6.19. The Kier molecular flexibility index (Phi) is 1.88. The van der Waals surface area contributed by atoms with E-state index in [1.807, 2.05) is 33.7 Å². The molecule has 2 aliphatic rings. The normalized spacial score (nSPS) is 19.6. The van der Waals surface area contributed by atoms with E-state index in [2.05, 4.69) is 11.1 Å². The second kappa shape index (κ2) is 3.45. The molecule has 0 saturated carbocycles. The van der Waals surface area contributed by atoms with Crippen LogP contribution in [0.5, 0.6) is 0 Å². The standard InChI is InChI=1S/C14H10N4O/c15-7-10-13-12-5-6-17(12)14(19)9-3-1-2-4-11(9)18(13)8-16-10/h1-4,8,12H,5-6H2. The van der Waals surface area contributed by atoms with Crippen LogP contribution in [0.3, 0.4) is 0 Å². The minimum atomic E-state index is -0.0166. The van der Waals surface area contributed by atoms with Crippen molar-refractivity contribution in [2.45, 2.75) is 12.5 Å². The number of aromatic nitrogens is 2. The van der Waals surface area contributed by atoms with E-state index in [0.717, 1.165) is 24.3 Å². The summed E-state index contributed by atoms with van der Waals surface area (Å²) in [5.41, 5.74) is 2.74. The van der Waals surface area contributed by atoms with Crippen LogP contribution in [0.1, 0.15) is 34.2 Å². The number of nitriles is 1. The van der Waals surface area contributed by atoms with Gasteiger partial charge in [-0.2, -0.15) is 5.26 Å². The highest BCUT2D eigenvalue weighted by molar-refractivity contribution is 5.99. The van der Waals surface area contributed by atoms with Crippen LogP contribution in [0.25, 0.3) is 5.69 Å². The van der Waals surface area contributed by atoms with Crippen molar-refractivity contribution in [3.63, 3.8) is 0 Å². The first-order chi connectivity index (χ1) is 9.31. The van der Waals surface area contributed by atoms with Gasteiger partial charge in [0.25, 0.3) is 5.91 Å². The van der Waals surface area contributed by atoms with E-state index in [1.165, 1.54) is 0 Å². The Morgan fingerprint density at radius 3 is 2.95 bits per heavy atom. The largest absolute Gasteiger partial charge is 0.330 e. The van der Waals surface area contributed by atoms with Crippen LogP contribution < -0.4 is 0 Å². The number of carbonyl (C=O) groups is 1. The summed E-state index contributed by atoms with van der Waals surface area (Å²) in [7, 11) is 0. The maximum Gasteiger partial charge on any atom is 0.256 e. The first kappa shape index (κ1) is 10.3. The minimum Gasteiger partial charge on any atom is -0.330 e. The van der Waals surface area contributed by atoms with E-state index < -0.39 is 0 Å². The molecule has 4 rings (SSSR count). The molecule has 1 aromatic heterocycles. The third-order valence-electron chi connectivity index (χ3n) is 3.90. The van der Waals surface area contributed by atoms with Crippen molar-refractivity contribution in [3.8, 4) is 11.8 Å². The van der Waals surface area contributed by atoms with Crippen molar-refractivity contribution in [1.82, 2.24) is 14.5 Å². The van der Waals surface area contributed by atoms with Crippen LogP contribution in [0.15, 0.2) is 30.6 Å². The average molecular weight is 250 g/mol. The highest BCUT2D eigenvalue weighted by Gasteiger charge is 2.41. The van der Waals surface area contributed by atoms with E-state index in [9.17, 15) is 10.1 Å². The molecule has 1 amide bonds. The highest BCUT2D eigenvalue weighted by atomic mass is 16.2. The summed E-state index contributed by atoms with van der Waals surface area (Å²) in [6, 6.07) is 9.58. The fourth-order valence-electron chi connectivity index (χ4n) is 2.89. The predicted molar refractivity (Wildman–Crippen MR) is 66.7 cm³/mol. The van der Waals surface area contributed by atoms with Gasteiger partial charge in [-0.15, -0.1) is 0 Å². The number of para-hydroxylation sites is 1. The lowest BCUT2D eigenvalue weighted by Gasteiger charge is -2.39. The summed E-state index contributed by atoms with van der Waals surface area (Å²) in [6.45, 7) is 0.744. The number of hydrogen-bond acceptors (Lipinski definition) is 3. The molecule has 0 aliphatic carbocycles. The maximum absolute atomic E-state index is 12.5. The summed E-state index contributed by atoms with van der Waals surface area (Å²) in [5, 5.41) is 9.19. The van der Waals surface area contributed by atoms with E-state index in [-0.39, 0.29) is 11.9 Å². The monoisotopic (exact) mass is 250 g/mol. The van der Waals surface area contributed by atoms with Gasteiger partial charge in [-0.1, -0.05) is 12.1 Å². The molecule has 3 heterocycles. The topological polar surface area (TPSA) is 61.9 Å². The van der Waals surface area contributed by atoms with Gasteiger partial charge in [-0.25, -0.2) is 4.98 Å². The lowest BCUT2D eigenvalue weighted by molar-refractivity contribution is 0.0460. The number of imidazole rings is 1. The number of rotatable bonds is 0. The fourth-order valence-corrected chi connectivity index (χ4v) is 2.89. The van der Waals surface area contributed by atoms with Crippen LogP contribution >= 0.6 is 0 Å². The number of amides is 1. The Bertz CT molecular complexity index is 740. The maximum atomic E-state index is 12.5. The molecular weight excluding hydrogens is 240 g/mol. The van der Waals surface area contributed by atoms with Crippen LogP contribution in [0.4, 0.5) is 0 Å². The Morgan fingerprint density at radius 1 is 1.37 bits per heavy atom. The SMILES string of the molecule is N#Cc1ncn2c1C1CCN1C(=O)c1ccccc1-2. The summed E-state index contributed by atoms with van der Waals surface area (Å²) in [6.07, 6.45) is 2.53. The van der Waals surface area contributed by atoms with Gasteiger partial charge in [0.15, 0.2) is 5.69 Å². The van der Waals surface area contributed by atoms with E-state index in [0.29, 0.717) is 11.3 Å². The Morgan fingerprint density at radius 2 is 2.21 bits per heavy atom. The van der Waals surface area contributed by atoms with Crippen LogP contribution in [-0.4, -0.2) is 26.9 Å².